The number of aryl methyl sites for hydroxylation is 2. The van der Waals surface area contributed by atoms with Gasteiger partial charge < -0.3 is 15.6 Å². The van der Waals surface area contributed by atoms with Crippen LogP contribution < -0.4 is 10.6 Å². The van der Waals surface area contributed by atoms with E-state index < -0.39 is 0 Å². The highest BCUT2D eigenvalue weighted by Crippen LogP contribution is 2.19. The van der Waals surface area contributed by atoms with E-state index in [-0.39, 0.29) is 0 Å². The minimum absolute atomic E-state index is 0.708. The van der Waals surface area contributed by atoms with Crippen LogP contribution in [0.2, 0.25) is 0 Å². The van der Waals surface area contributed by atoms with E-state index in [1.165, 1.54) is 22.0 Å². The van der Waals surface area contributed by atoms with Crippen molar-refractivity contribution in [3.63, 3.8) is 0 Å². The van der Waals surface area contributed by atoms with Crippen LogP contribution in [0.5, 0.6) is 0 Å². The molecule has 6 heteroatoms. The summed E-state index contributed by atoms with van der Waals surface area (Å²) in [5.41, 5.74) is 4.92. The van der Waals surface area contributed by atoms with Gasteiger partial charge in [0, 0.05) is 56.0 Å². The lowest BCUT2D eigenvalue weighted by atomic mass is 10.1. The summed E-state index contributed by atoms with van der Waals surface area (Å²) in [6.45, 7) is 3.65. The summed E-state index contributed by atoms with van der Waals surface area (Å²) in [6, 6.07) is 6.52. The SMILES string of the molecule is CN=C(NCCc1c[nH]c2cc(C)ccc12)NCc1cnn(C)c1. The molecule has 0 atom stereocenters. The first-order chi connectivity index (χ1) is 11.7. The van der Waals surface area contributed by atoms with Crippen LogP contribution in [0.15, 0.2) is 41.8 Å². The first kappa shape index (κ1) is 16.1. The predicted octanol–water partition coefficient (Wildman–Crippen LogP) is 2.12. The van der Waals surface area contributed by atoms with Gasteiger partial charge in [0.25, 0.3) is 0 Å². The van der Waals surface area contributed by atoms with E-state index in [9.17, 15) is 0 Å². The van der Waals surface area contributed by atoms with Crippen LogP contribution in [0, 0.1) is 6.92 Å². The number of aromatic nitrogens is 3. The van der Waals surface area contributed by atoms with Crippen molar-refractivity contribution in [2.75, 3.05) is 13.6 Å². The Morgan fingerprint density at radius 1 is 1.33 bits per heavy atom. The van der Waals surface area contributed by atoms with Gasteiger partial charge in [0.1, 0.15) is 0 Å². The van der Waals surface area contributed by atoms with Crippen LogP contribution in [-0.2, 0) is 20.0 Å². The molecule has 0 bridgehead atoms. The molecule has 126 valence electrons. The average Bonchev–Trinajstić information content (AvgIpc) is 3.16. The van der Waals surface area contributed by atoms with Gasteiger partial charge in [-0.05, 0) is 30.5 Å². The molecule has 0 saturated heterocycles. The van der Waals surface area contributed by atoms with Gasteiger partial charge in [-0.1, -0.05) is 12.1 Å². The molecule has 0 aliphatic rings. The Morgan fingerprint density at radius 2 is 2.21 bits per heavy atom. The van der Waals surface area contributed by atoms with Crippen molar-refractivity contribution in [2.45, 2.75) is 19.9 Å². The van der Waals surface area contributed by atoms with E-state index in [0.717, 1.165) is 24.5 Å². The molecule has 0 aliphatic carbocycles. The second-order valence-electron chi connectivity index (χ2n) is 5.99. The minimum atomic E-state index is 0.708. The molecule has 0 fully saturated rings. The number of guanidine groups is 1. The van der Waals surface area contributed by atoms with Crippen molar-refractivity contribution in [3.05, 3.63) is 53.5 Å². The molecule has 0 unspecified atom stereocenters. The van der Waals surface area contributed by atoms with E-state index in [4.69, 9.17) is 0 Å². The van der Waals surface area contributed by atoms with Gasteiger partial charge in [0.15, 0.2) is 5.96 Å². The number of H-pyrrole nitrogens is 1. The third-order valence-corrected chi connectivity index (χ3v) is 4.05. The fraction of sp³-hybridized carbons (Fsp3) is 0.333. The minimum Gasteiger partial charge on any atom is -0.361 e. The van der Waals surface area contributed by atoms with Crippen LogP contribution in [0.4, 0.5) is 0 Å². The van der Waals surface area contributed by atoms with Gasteiger partial charge >= 0.3 is 0 Å². The average molecular weight is 324 g/mol. The molecular formula is C18H24N6. The van der Waals surface area contributed by atoms with E-state index in [0.29, 0.717) is 6.54 Å². The maximum Gasteiger partial charge on any atom is 0.191 e. The van der Waals surface area contributed by atoms with Crippen LogP contribution in [-0.4, -0.2) is 34.3 Å². The lowest BCUT2D eigenvalue weighted by Gasteiger charge is -2.11. The van der Waals surface area contributed by atoms with Crippen molar-refractivity contribution in [3.8, 4) is 0 Å². The number of fused-ring (bicyclic) bond motifs is 1. The van der Waals surface area contributed by atoms with Crippen molar-refractivity contribution < 1.29 is 0 Å². The molecular weight excluding hydrogens is 300 g/mol. The number of hydrogen-bond acceptors (Lipinski definition) is 2. The zero-order valence-corrected chi connectivity index (χ0v) is 14.4. The summed E-state index contributed by atoms with van der Waals surface area (Å²) >= 11 is 0. The first-order valence-electron chi connectivity index (χ1n) is 8.14. The molecule has 0 radical (unpaired) electrons. The van der Waals surface area contributed by atoms with Crippen LogP contribution in [0.25, 0.3) is 10.9 Å². The summed E-state index contributed by atoms with van der Waals surface area (Å²) < 4.78 is 1.80. The topological polar surface area (TPSA) is 70.0 Å². The largest absolute Gasteiger partial charge is 0.361 e. The molecule has 24 heavy (non-hydrogen) atoms. The number of aromatic amines is 1. The molecule has 0 saturated carbocycles. The Bertz CT molecular complexity index is 842. The number of aliphatic imine (C=N–C) groups is 1. The second-order valence-corrected chi connectivity index (χ2v) is 5.99. The highest BCUT2D eigenvalue weighted by atomic mass is 15.2. The summed E-state index contributed by atoms with van der Waals surface area (Å²) in [5.74, 6) is 0.800. The van der Waals surface area contributed by atoms with Crippen molar-refractivity contribution in [2.24, 2.45) is 12.0 Å². The summed E-state index contributed by atoms with van der Waals surface area (Å²) in [5, 5.41) is 12.1. The number of hydrogen-bond donors (Lipinski definition) is 3. The van der Waals surface area contributed by atoms with E-state index in [1.807, 2.05) is 19.4 Å². The lowest BCUT2D eigenvalue weighted by Crippen LogP contribution is -2.37. The Hall–Kier alpha value is -2.76. The molecule has 2 aromatic heterocycles. The zero-order valence-electron chi connectivity index (χ0n) is 14.4. The molecule has 2 heterocycles. The highest BCUT2D eigenvalue weighted by Gasteiger charge is 2.05. The standard InChI is InChI=1S/C18H24N6/c1-13-4-5-16-15(11-21-17(16)8-13)6-7-20-18(19-2)22-9-14-10-23-24(3)12-14/h4-5,8,10-12,21H,6-7,9H2,1-3H3,(H2,19,20,22). The molecule has 3 aromatic rings. The van der Waals surface area contributed by atoms with Gasteiger partial charge in [-0.2, -0.15) is 5.10 Å². The van der Waals surface area contributed by atoms with Crippen molar-refractivity contribution in [1.82, 2.24) is 25.4 Å². The van der Waals surface area contributed by atoms with Crippen molar-refractivity contribution in [1.29, 1.82) is 0 Å². The molecule has 0 spiro atoms. The van der Waals surface area contributed by atoms with Gasteiger partial charge in [-0.25, -0.2) is 0 Å². The third kappa shape index (κ3) is 3.76. The maximum absolute atomic E-state index is 4.26. The Kier molecular flexibility index (Phi) is 4.84. The zero-order chi connectivity index (χ0) is 16.9. The summed E-state index contributed by atoms with van der Waals surface area (Å²) in [7, 11) is 3.70. The summed E-state index contributed by atoms with van der Waals surface area (Å²) in [4.78, 5) is 7.61. The van der Waals surface area contributed by atoms with Crippen LogP contribution in [0.1, 0.15) is 16.7 Å². The normalized spacial score (nSPS) is 11.9. The number of nitrogens with zero attached hydrogens (tertiary/aromatic N) is 3. The van der Waals surface area contributed by atoms with E-state index >= 15 is 0 Å². The third-order valence-electron chi connectivity index (χ3n) is 4.05. The number of nitrogens with one attached hydrogen (secondary N) is 3. The molecule has 0 aliphatic heterocycles. The number of rotatable bonds is 5. The molecule has 3 rings (SSSR count). The van der Waals surface area contributed by atoms with Gasteiger partial charge in [-0.15, -0.1) is 0 Å². The van der Waals surface area contributed by atoms with Crippen LogP contribution in [0.3, 0.4) is 0 Å². The van der Waals surface area contributed by atoms with E-state index in [1.54, 1.807) is 11.7 Å². The fourth-order valence-corrected chi connectivity index (χ4v) is 2.79. The number of benzene rings is 1. The van der Waals surface area contributed by atoms with E-state index in [2.05, 4.69) is 57.0 Å². The smallest absolute Gasteiger partial charge is 0.191 e. The molecule has 3 N–H and O–H groups in total. The van der Waals surface area contributed by atoms with Crippen LogP contribution >= 0.6 is 0 Å². The fourth-order valence-electron chi connectivity index (χ4n) is 2.79. The highest BCUT2D eigenvalue weighted by molar-refractivity contribution is 5.84. The van der Waals surface area contributed by atoms with Gasteiger partial charge in [0.05, 0.1) is 6.20 Å². The van der Waals surface area contributed by atoms with Gasteiger partial charge in [0.2, 0.25) is 0 Å². The Labute approximate surface area is 142 Å². The molecule has 1 aromatic carbocycles. The summed E-state index contributed by atoms with van der Waals surface area (Å²) in [6.07, 6.45) is 6.89. The second kappa shape index (κ2) is 7.21. The monoisotopic (exact) mass is 324 g/mol. The first-order valence-corrected chi connectivity index (χ1v) is 8.14. The predicted molar refractivity (Wildman–Crippen MR) is 98.1 cm³/mol. The molecule has 0 amide bonds. The Morgan fingerprint density at radius 3 is 2.96 bits per heavy atom. The van der Waals surface area contributed by atoms with Gasteiger partial charge in [-0.3, -0.25) is 9.67 Å². The Balaban J connectivity index is 1.52. The lowest BCUT2D eigenvalue weighted by molar-refractivity contribution is 0.764. The van der Waals surface area contributed by atoms with Crippen molar-refractivity contribution >= 4 is 16.9 Å². The molecule has 6 nitrogen and oxygen atoms in total. The maximum atomic E-state index is 4.26. The quantitative estimate of drug-likeness (QED) is 0.497.